The van der Waals surface area contributed by atoms with Crippen LogP contribution in [-0.4, -0.2) is 15.8 Å². The van der Waals surface area contributed by atoms with E-state index in [2.05, 4.69) is 64.5 Å². The van der Waals surface area contributed by atoms with Crippen LogP contribution in [0.25, 0.3) is 5.69 Å². The van der Waals surface area contributed by atoms with Gasteiger partial charge in [-0.25, -0.2) is 4.68 Å². The highest BCUT2D eigenvalue weighted by Gasteiger charge is 2.20. The summed E-state index contributed by atoms with van der Waals surface area (Å²) in [5.41, 5.74) is 3.52. The van der Waals surface area contributed by atoms with Gasteiger partial charge in [0, 0.05) is 23.3 Å². The quantitative estimate of drug-likeness (QED) is 0.895. The summed E-state index contributed by atoms with van der Waals surface area (Å²) in [6.07, 6.45) is 4.67. The summed E-state index contributed by atoms with van der Waals surface area (Å²) in [5.74, 6) is 0.460. The Morgan fingerprint density at radius 3 is 2.75 bits per heavy atom. The lowest BCUT2D eigenvalue weighted by molar-refractivity contribution is 0.685. The van der Waals surface area contributed by atoms with Crippen LogP contribution in [0.15, 0.2) is 34.9 Å². The third-order valence-electron chi connectivity index (χ3n) is 3.66. The van der Waals surface area contributed by atoms with Gasteiger partial charge in [0.05, 0.1) is 11.4 Å². The topological polar surface area (TPSA) is 29.9 Å². The lowest BCUT2D eigenvalue weighted by Crippen LogP contribution is -2.15. The van der Waals surface area contributed by atoms with E-state index in [9.17, 15) is 0 Å². The van der Waals surface area contributed by atoms with E-state index >= 15 is 0 Å². The molecule has 3 rings (SSSR count). The molecule has 0 radical (unpaired) electrons. The Morgan fingerprint density at radius 2 is 2.15 bits per heavy atom. The minimum absolute atomic E-state index is 0.460. The first-order valence-electron chi connectivity index (χ1n) is 7.21. The van der Waals surface area contributed by atoms with Crippen molar-refractivity contribution in [3.05, 3.63) is 46.2 Å². The second kappa shape index (κ2) is 5.70. The molecule has 1 aromatic heterocycles. The van der Waals surface area contributed by atoms with Gasteiger partial charge in [0.15, 0.2) is 0 Å². The Hall–Kier alpha value is -1.13. The largest absolute Gasteiger partial charge is 0.310 e. The molecule has 0 spiro atoms. The highest BCUT2D eigenvalue weighted by Crippen LogP contribution is 2.24. The molecule has 106 valence electrons. The van der Waals surface area contributed by atoms with E-state index in [1.165, 1.54) is 18.4 Å². The van der Waals surface area contributed by atoms with E-state index in [4.69, 9.17) is 0 Å². The summed E-state index contributed by atoms with van der Waals surface area (Å²) in [7, 11) is 0. The fourth-order valence-electron chi connectivity index (χ4n) is 2.15. The van der Waals surface area contributed by atoms with Crippen LogP contribution >= 0.6 is 15.9 Å². The summed E-state index contributed by atoms with van der Waals surface area (Å²) < 4.78 is 3.09. The molecule has 1 fully saturated rings. The predicted octanol–water partition coefficient (Wildman–Crippen LogP) is 4.01. The van der Waals surface area contributed by atoms with E-state index in [1.54, 1.807) is 0 Å². The number of nitrogens with zero attached hydrogens (tertiary/aromatic N) is 2. The number of aromatic nitrogens is 2. The molecule has 0 unspecified atom stereocenters. The second-order valence-electron chi connectivity index (χ2n) is 5.77. The Morgan fingerprint density at radius 1 is 1.35 bits per heavy atom. The molecule has 4 heteroatoms. The molecule has 1 N–H and O–H groups in total. The fraction of sp³-hybridized carbons (Fsp3) is 0.438. The minimum atomic E-state index is 0.460. The van der Waals surface area contributed by atoms with Crippen molar-refractivity contribution in [1.29, 1.82) is 0 Å². The fourth-order valence-corrected chi connectivity index (χ4v) is 2.66. The van der Waals surface area contributed by atoms with Crippen LogP contribution in [0.2, 0.25) is 0 Å². The van der Waals surface area contributed by atoms with Gasteiger partial charge in [-0.1, -0.05) is 35.8 Å². The average molecular weight is 334 g/mol. The van der Waals surface area contributed by atoms with Gasteiger partial charge in [-0.05, 0) is 42.5 Å². The van der Waals surface area contributed by atoms with Gasteiger partial charge in [-0.3, -0.25) is 0 Å². The first-order valence-corrected chi connectivity index (χ1v) is 8.00. The molecule has 0 bridgehead atoms. The highest BCUT2D eigenvalue weighted by molar-refractivity contribution is 9.10. The molecular weight excluding hydrogens is 314 g/mol. The van der Waals surface area contributed by atoms with Crippen LogP contribution in [0, 0.1) is 0 Å². The van der Waals surface area contributed by atoms with Crippen molar-refractivity contribution >= 4 is 15.9 Å². The molecule has 1 saturated carbocycles. The molecule has 1 aromatic carbocycles. The zero-order chi connectivity index (χ0) is 14.1. The Kier molecular flexibility index (Phi) is 3.94. The molecule has 1 aliphatic rings. The predicted molar refractivity (Wildman–Crippen MR) is 85.2 cm³/mol. The van der Waals surface area contributed by atoms with Gasteiger partial charge in [-0.2, -0.15) is 5.10 Å². The summed E-state index contributed by atoms with van der Waals surface area (Å²) in [5, 5.41) is 8.15. The van der Waals surface area contributed by atoms with Crippen molar-refractivity contribution in [3.8, 4) is 5.69 Å². The number of rotatable bonds is 5. The molecular formula is C16H20BrN3. The number of benzene rings is 1. The van der Waals surface area contributed by atoms with Crippen molar-refractivity contribution in [2.75, 3.05) is 0 Å². The standard InChI is InChI=1S/C16H20BrN3/c1-11(2)16-7-8-20(19-16)14-6-3-12(15(17)9-14)10-18-13-4-5-13/h3,6-9,11,13,18H,4-5,10H2,1-2H3. The number of nitrogens with one attached hydrogen (secondary N) is 1. The molecule has 1 heterocycles. The zero-order valence-electron chi connectivity index (χ0n) is 11.9. The number of hydrogen-bond donors (Lipinski definition) is 1. The summed E-state index contributed by atoms with van der Waals surface area (Å²) >= 11 is 3.67. The van der Waals surface area contributed by atoms with Crippen LogP contribution in [0.1, 0.15) is 43.9 Å². The van der Waals surface area contributed by atoms with Crippen LogP contribution in [0.4, 0.5) is 0 Å². The molecule has 0 atom stereocenters. The number of halogens is 1. The summed E-state index contributed by atoms with van der Waals surface area (Å²) in [6, 6.07) is 9.26. The maximum absolute atomic E-state index is 4.62. The van der Waals surface area contributed by atoms with E-state index in [0.717, 1.165) is 28.4 Å². The highest BCUT2D eigenvalue weighted by atomic mass is 79.9. The van der Waals surface area contributed by atoms with Gasteiger partial charge in [0.25, 0.3) is 0 Å². The van der Waals surface area contributed by atoms with E-state index < -0.39 is 0 Å². The van der Waals surface area contributed by atoms with Crippen molar-refractivity contribution in [2.24, 2.45) is 0 Å². The molecule has 3 nitrogen and oxygen atoms in total. The van der Waals surface area contributed by atoms with E-state index in [0.29, 0.717) is 5.92 Å². The summed E-state index contributed by atoms with van der Waals surface area (Å²) in [6.45, 7) is 5.26. The SMILES string of the molecule is CC(C)c1ccn(-c2ccc(CNC3CC3)c(Br)c2)n1. The van der Waals surface area contributed by atoms with Crippen LogP contribution in [0.3, 0.4) is 0 Å². The normalized spacial score (nSPS) is 15.0. The Labute approximate surface area is 128 Å². The molecule has 0 amide bonds. The van der Waals surface area contributed by atoms with Gasteiger partial charge in [0.2, 0.25) is 0 Å². The van der Waals surface area contributed by atoms with Crippen molar-refractivity contribution in [2.45, 2.75) is 45.2 Å². The van der Waals surface area contributed by atoms with Crippen molar-refractivity contribution in [1.82, 2.24) is 15.1 Å². The molecule has 2 aromatic rings. The van der Waals surface area contributed by atoms with Crippen molar-refractivity contribution in [3.63, 3.8) is 0 Å². The third-order valence-corrected chi connectivity index (χ3v) is 4.40. The number of hydrogen-bond acceptors (Lipinski definition) is 2. The van der Waals surface area contributed by atoms with E-state index in [1.807, 2.05) is 10.9 Å². The third kappa shape index (κ3) is 3.13. The Balaban J connectivity index is 1.77. The van der Waals surface area contributed by atoms with Crippen LogP contribution in [-0.2, 0) is 6.54 Å². The maximum Gasteiger partial charge on any atom is 0.0657 e. The average Bonchev–Trinajstić information content (AvgIpc) is 3.11. The van der Waals surface area contributed by atoms with Crippen molar-refractivity contribution < 1.29 is 0 Å². The molecule has 0 aliphatic heterocycles. The second-order valence-corrected chi connectivity index (χ2v) is 6.63. The first kappa shape index (κ1) is 13.8. The van der Waals surface area contributed by atoms with Crippen LogP contribution in [0.5, 0.6) is 0 Å². The van der Waals surface area contributed by atoms with Gasteiger partial charge in [-0.15, -0.1) is 0 Å². The lowest BCUT2D eigenvalue weighted by atomic mass is 10.1. The van der Waals surface area contributed by atoms with Gasteiger partial charge < -0.3 is 5.32 Å². The minimum Gasteiger partial charge on any atom is -0.310 e. The van der Waals surface area contributed by atoms with Gasteiger partial charge >= 0.3 is 0 Å². The zero-order valence-corrected chi connectivity index (χ0v) is 13.5. The molecule has 1 aliphatic carbocycles. The van der Waals surface area contributed by atoms with Gasteiger partial charge in [0.1, 0.15) is 0 Å². The first-order chi connectivity index (χ1) is 9.63. The Bertz CT molecular complexity index is 600. The van der Waals surface area contributed by atoms with Crippen LogP contribution < -0.4 is 5.32 Å². The monoisotopic (exact) mass is 333 g/mol. The maximum atomic E-state index is 4.62. The molecule has 20 heavy (non-hydrogen) atoms. The molecule has 0 saturated heterocycles. The smallest absolute Gasteiger partial charge is 0.0657 e. The lowest BCUT2D eigenvalue weighted by Gasteiger charge is -2.09. The van der Waals surface area contributed by atoms with E-state index in [-0.39, 0.29) is 0 Å². The summed E-state index contributed by atoms with van der Waals surface area (Å²) in [4.78, 5) is 0.